The number of rotatable bonds is 20. The van der Waals surface area contributed by atoms with Crippen LogP contribution in [-0.4, -0.2) is 150 Å². The summed E-state index contributed by atoms with van der Waals surface area (Å²) in [5.41, 5.74) is 7.99. The van der Waals surface area contributed by atoms with Crippen LogP contribution < -0.4 is 21.1 Å². The van der Waals surface area contributed by atoms with Gasteiger partial charge in [0.2, 0.25) is 0 Å². The minimum Gasteiger partial charge on any atom is -0.494 e. The summed E-state index contributed by atoms with van der Waals surface area (Å²) in [6.45, 7) is 17.6. The van der Waals surface area contributed by atoms with Crippen molar-refractivity contribution in [2.45, 2.75) is 167 Å². The van der Waals surface area contributed by atoms with Crippen LogP contribution in [0.25, 0.3) is 22.3 Å². The Bertz CT molecular complexity index is 2200. The highest BCUT2D eigenvalue weighted by atomic mass is 19.1. The van der Waals surface area contributed by atoms with Gasteiger partial charge in [-0.25, -0.2) is 4.39 Å². The van der Waals surface area contributed by atoms with Gasteiger partial charge in [0.15, 0.2) is 6.29 Å². The summed E-state index contributed by atoms with van der Waals surface area (Å²) in [5.74, 6) is -1.20. The molecule has 0 saturated carbocycles. The molecule has 74 heavy (non-hydrogen) atoms. The van der Waals surface area contributed by atoms with E-state index < -0.39 is 59.8 Å². The predicted molar refractivity (Wildman–Crippen MR) is 287 cm³/mol. The van der Waals surface area contributed by atoms with Crippen LogP contribution in [0.1, 0.15) is 106 Å². The number of aliphatic hydroxyl groups is 4. The van der Waals surface area contributed by atoms with Gasteiger partial charge in [0.25, 0.3) is 0 Å². The van der Waals surface area contributed by atoms with Crippen LogP contribution >= 0.6 is 0 Å². The molecule has 2 heterocycles. The quantitative estimate of drug-likeness (QED) is 0.0434. The van der Waals surface area contributed by atoms with E-state index in [-0.39, 0.29) is 42.9 Å². The van der Waals surface area contributed by atoms with Crippen molar-refractivity contribution >= 4 is 5.97 Å². The standard InChI is InChI=1S/C58H89F2N5O9/c1-11-51-58(8,70)53(67)41(6)65(10)36-37(2)33-57(7,69)54(38(3)30-39(4)55(68)73-51)74-56-52(66)50(31-40(5)72-56)64(9)28-24-46(61)35-63-27-13-29-71-47-21-18-43(19-22-47)45-20-23-48(49(60)32-45)44-16-14-42(15-17-44)34-62-26-12-25-59/h14-23,32,35,37-41,50-54,56,62-63,66-67,69-70H,11-13,24-31,33-34,36,61H2,1-10H3/b46-35-/t37-,38+,39-,40-,41-,50+,51-,52-,53-,54-,56+,57-,58-/m1/s1. The molecule has 3 aromatic rings. The third-order valence-electron chi connectivity index (χ3n) is 15.1. The first-order chi connectivity index (χ1) is 35.1. The minimum atomic E-state index is -1.71. The van der Waals surface area contributed by atoms with Crippen molar-refractivity contribution in [2.75, 3.05) is 53.6 Å². The summed E-state index contributed by atoms with van der Waals surface area (Å²) in [4.78, 5) is 17.6. The summed E-state index contributed by atoms with van der Waals surface area (Å²) in [6, 6.07) is 19.7. The number of hydrogen-bond donors (Lipinski definition) is 7. The molecule has 8 N–H and O–H groups in total. The lowest BCUT2D eigenvalue weighted by atomic mass is 9.79. The van der Waals surface area contributed by atoms with Gasteiger partial charge in [-0.1, -0.05) is 76.2 Å². The number of nitrogens with one attached hydrogen (secondary N) is 2. The van der Waals surface area contributed by atoms with Gasteiger partial charge in [-0.2, -0.15) is 0 Å². The van der Waals surface area contributed by atoms with Crippen molar-refractivity contribution in [3.05, 3.63) is 90.0 Å². The van der Waals surface area contributed by atoms with Gasteiger partial charge in [0.1, 0.15) is 35.5 Å². The number of likely N-dealkylation sites (N-methyl/N-ethyl adjacent to an activating group) is 2. The molecule has 0 aliphatic carbocycles. The number of nitrogens with zero attached hydrogens (tertiary/aromatic N) is 2. The van der Waals surface area contributed by atoms with Crippen molar-refractivity contribution in [3.63, 3.8) is 0 Å². The highest BCUT2D eigenvalue weighted by molar-refractivity contribution is 5.72. The summed E-state index contributed by atoms with van der Waals surface area (Å²) >= 11 is 0. The molecule has 2 aliphatic rings. The van der Waals surface area contributed by atoms with Gasteiger partial charge in [0, 0.05) is 62.1 Å². The van der Waals surface area contributed by atoms with Gasteiger partial charge in [-0.05, 0) is 139 Å². The Balaban J connectivity index is 1.10. The fraction of sp³-hybridized carbons (Fsp3) is 0.638. The lowest BCUT2D eigenvalue weighted by molar-refractivity contribution is -0.296. The number of aliphatic hydroxyl groups excluding tert-OH is 2. The van der Waals surface area contributed by atoms with E-state index in [0.29, 0.717) is 88.4 Å². The number of carbonyl (C=O) groups is 1. The van der Waals surface area contributed by atoms with Gasteiger partial charge in [-0.15, -0.1) is 0 Å². The van der Waals surface area contributed by atoms with Crippen LogP contribution in [0.4, 0.5) is 8.78 Å². The smallest absolute Gasteiger partial charge is 0.309 e. The van der Waals surface area contributed by atoms with Crippen LogP contribution in [0.15, 0.2) is 78.6 Å². The van der Waals surface area contributed by atoms with Crippen molar-refractivity contribution in [3.8, 4) is 28.0 Å². The highest BCUT2D eigenvalue weighted by Gasteiger charge is 2.48. The maximum absolute atomic E-state index is 15.3. The zero-order chi connectivity index (χ0) is 54.3. The van der Waals surface area contributed by atoms with E-state index in [1.54, 1.807) is 32.2 Å². The Labute approximate surface area is 440 Å². The number of ether oxygens (including phenoxy) is 4. The molecule has 2 aliphatic heterocycles. The SMILES string of the molecule is CC[C@H]1OC(=O)[C@H](C)C[C@H](C)[C@@H](O[C@@H]2O[C@H](C)C[C@H](N(C)CC/C(N)=C/NCCCOc3ccc(-c4ccc(-c5ccc(CNCCCF)cc5)c(F)c4)cc3)[C@H]2O)[C@](C)(O)C[C@@H](C)CN(C)[C@H](C)[C@@H](O)[C@]1(C)O. The van der Waals surface area contributed by atoms with Gasteiger partial charge >= 0.3 is 5.97 Å². The van der Waals surface area contributed by atoms with Crippen LogP contribution in [0, 0.1) is 23.6 Å². The van der Waals surface area contributed by atoms with Crippen LogP contribution in [0.3, 0.4) is 0 Å². The van der Waals surface area contributed by atoms with Crippen molar-refractivity contribution < 1.29 is 52.9 Å². The van der Waals surface area contributed by atoms with Crippen LogP contribution in [-0.2, 0) is 25.5 Å². The maximum atomic E-state index is 15.3. The number of benzene rings is 3. The molecule has 2 fully saturated rings. The molecule has 3 aromatic carbocycles. The van der Waals surface area contributed by atoms with Crippen molar-refractivity contribution in [2.24, 2.45) is 23.5 Å². The molecule has 16 heteroatoms. The Morgan fingerprint density at radius 1 is 0.959 bits per heavy atom. The molecule has 0 radical (unpaired) electrons. The fourth-order valence-electron chi connectivity index (χ4n) is 10.7. The number of cyclic esters (lactones) is 1. The zero-order valence-electron chi connectivity index (χ0n) is 45.7. The Morgan fingerprint density at radius 3 is 2.30 bits per heavy atom. The van der Waals surface area contributed by atoms with E-state index in [1.807, 2.05) is 108 Å². The van der Waals surface area contributed by atoms with E-state index in [2.05, 4.69) is 15.5 Å². The average Bonchev–Trinajstić information content (AvgIpc) is 3.36. The molecule has 0 spiro atoms. The summed E-state index contributed by atoms with van der Waals surface area (Å²) < 4.78 is 52.5. The minimum absolute atomic E-state index is 0.0753. The molecular weight excluding hydrogens is 949 g/mol. The van der Waals surface area contributed by atoms with Crippen LogP contribution in [0.5, 0.6) is 5.75 Å². The van der Waals surface area contributed by atoms with Gasteiger partial charge < -0.3 is 65.5 Å². The first-order valence-electron chi connectivity index (χ1n) is 26.9. The summed E-state index contributed by atoms with van der Waals surface area (Å²) in [6.07, 6.45) is -0.401. The van der Waals surface area contributed by atoms with E-state index >= 15 is 4.39 Å². The molecule has 414 valence electrons. The lowest BCUT2D eigenvalue weighted by Crippen LogP contribution is -2.59. The number of hydrogen-bond acceptors (Lipinski definition) is 14. The van der Waals surface area contributed by atoms with Crippen molar-refractivity contribution in [1.29, 1.82) is 0 Å². The van der Waals surface area contributed by atoms with Crippen molar-refractivity contribution in [1.82, 2.24) is 20.4 Å². The monoisotopic (exact) mass is 1040 g/mol. The molecule has 0 aromatic heterocycles. The van der Waals surface area contributed by atoms with E-state index in [4.69, 9.17) is 24.7 Å². The second kappa shape index (κ2) is 28.2. The zero-order valence-corrected chi connectivity index (χ0v) is 45.7. The highest BCUT2D eigenvalue weighted by Crippen LogP contribution is 2.37. The second-order valence-corrected chi connectivity index (χ2v) is 21.9. The first kappa shape index (κ1) is 60.6. The average molecular weight is 1040 g/mol. The summed E-state index contributed by atoms with van der Waals surface area (Å²) in [5, 5.41) is 53.6. The number of carbonyl (C=O) groups excluding carboxylic acids is 1. The third-order valence-corrected chi connectivity index (χ3v) is 15.1. The Kier molecular flexibility index (Phi) is 23.1. The van der Waals surface area contributed by atoms with E-state index in [0.717, 1.165) is 28.7 Å². The Hall–Kier alpha value is -4.23. The van der Waals surface area contributed by atoms with E-state index in [9.17, 15) is 29.6 Å². The normalized spacial score (nSPS) is 31.1. The molecule has 5 rings (SSSR count). The lowest BCUT2D eigenvalue weighted by Gasteiger charge is -2.46. The largest absolute Gasteiger partial charge is 0.494 e. The maximum Gasteiger partial charge on any atom is 0.309 e. The van der Waals surface area contributed by atoms with Crippen LogP contribution in [0.2, 0.25) is 0 Å². The number of halogens is 2. The number of nitrogens with two attached hydrogens (primary N) is 1. The fourth-order valence-corrected chi connectivity index (χ4v) is 10.7. The van der Waals surface area contributed by atoms with Gasteiger partial charge in [-0.3, -0.25) is 9.18 Å². The third kappa shape index (κ3) is 16.9. The topological polar surface area (TPSA) is 191 Å². The summed E-state index contributed by atoms with van der Waals surface area (Å²) in [7, 11) is 3.80. The first-order valence-corrected chi connectivity index (χ1v) is 26.9. The molecule has 2 saturated heterocycles. The number of alkyl halides is 1. The predicted octanol–water partition coefficient (Wildman–Crippen LogP) is 7.55. The number of esters is 1. The molecule has 13 atom stereocenters. The molecule has 0 unspecified atom stereocenters. The molecule has 0 bridgehead atoms. The molecule has 0 amide bonds. The van der Waals surface area contributed by atoms with Gasteiger partial charge in [0.05, 0.1) is 37.0 Å². The van der Waals surface area contributed by atoms with E-state index in [1.165, 1.54) is 6.92 Å². The molecule has 14 nitrogen and oxygen atoms in total. The Morgan fingerprint density at radius 2 is 1.64 bits per heavy atom. The second-order valence-electron chi connectivity index (χ2n) is 21.9. The molecular formula is C58H89F2N5O9.